The Morgan fingerprint density at radius 2 is 1.80 bits per heavy atom. The van der Waals surface area contributed by atoms with Gasteiger partial charge in [0.1, 0.15) is 0 Å². The van der Waals surface area contributed by atoms with Crippen LogP contribution in [0, 0.1) is 0 Å². The molecular formula is C20H23NO3S. The fourth-order valence-corrected chi connectivity index (χ4v) is 3.18. The Morgan fingerprint density at radius 1 is 1.08 bits per heavy atom. The second-order valence-electron chi connectivity index (χ2n) is 5.67. The molecule has 5 heteroatoms. The van der Waals surface area contributed by atoms with Crippen molar-refractivity contribution in [3.05, 3.63) is 71.3 Å². The quantitative estimate of drug-likeness (QED) is 0.735. The van der Waals surface area contributed by atoms with Crippen LogP contribution in [-0.2, 0) is 21.7 Å². The van der Waals surface area contributed by atoms with E-state index in [1.165, 1.54) is 12.7 Å². The standard InChI is InChI=1S/C20H23NO3S/c1-15(19(22)21-12-11-16-7-4-3-5-8-16)25-14-17-9-6-10-18(13-17)20(23)24-2/h3-10,13,15H,11-12,14H2,1-2H3,(H,21,22). The summed E-state index contributed by atoms with van der Waals surface area (Å²) in [6.07, 6.45) is 0.825. The molecule has 1 unspecified atom stereocenters. The minimum atomic E-state index is -0.349. The molecule has 132 valence electrons. The zero-order chi connectivity index (χ0) is 18.1. The number of ether oxygens (including phenoxy) is 1. The van der Waals surface area contributed by atoms with Crippen LogP contribution in [0.4, 0.5) is 0 Å². The fraction of sp³-hybridized carbons (Fsp3) is 0.300. The summed E-state index contributed by atoms with van der Waals surface area (Å²) in [5, 5.41) is 2.82. The minimum absolute atomic E-state index is 0.0325. The zero-order valence-electron chi connectivity index (χ0n) is 14.5. The average Bonchev–Trinajstić information content (AvgIpc) is 2.66. The van der Waals surface area contributed by atoms with Gasteiger partial charge in [0.05, 0.1) is 17.9 Å². The molecule has 1 atom stereocenters. The highest BCUT2D eigenvalue weighted by atomic mass is 32.2. The molecule has 0 bridgehead atoms. The topological polar surface area (TPSA) is 55.4 Å². The van der Waals surface area contributed by atoms with Crippen molar-refractivity contribution >= 4 is 23.6 Å². The maximum Gasteiger partial charge on any atom is 0.337 e. The van der Waals surface area contributed by atoms with Crippen LogP contribution >= 0.6 is 11.8 Å². The summed E-state index contributed by atoms with van der Waals surface area (Å²) >= 11 is 1.55. The minimum Gasteiger partial charge on any atom is -0.465 e. The van der Waals surface area contributed by atoms with Crippen LogP contribution in [0.1, 0.15) is 28.4 Å². The Bertz CT molecular complexity index is 703. The Labute approximate surface area is 153 Å². The molecule has 0 radical (unpaired) electrons. The highest BCUT2D eigenvalue weighted by Crippen LogP contribution is 2.19. The highest BCUT2D eigenvalue weighted by Gasteiger charge is 2.13. The molecule has 0 fully saturated rings. The molecule has 0 heterocycles. The summed E-state index contributed by atoms with van der Waals surface area (Å²) in [5.74, 6) is 0.349. The lowest BCUT2D eigenvalue weighted by molar-refractivity contribution is -0.120. The molecule has 4 nitrogen and oxygen atoms in total. The molecule has 1 amide bonds. The van der Waals surface area contributed by atoms with Crippen LogP contribution in [0.2, 0.25) is 0 Å². The van der Waals surface area contributed by atoms with Crippen molar-refractivity contribution in [2.24, 2.45) is 0 Å². The van der Waals surface area contributed by atoms with Crippen molar-refractivity contribution < 1.29 is 14.3 Å². The second kappa shape index (κ2) is 9.89. The van der Waals surface area contributed by atoms with Gasteiger partial charge in [-0.05, 0) is 36.6 Å². The van der Waals surface area contributed by atoms with Crippen molar-refractivity contribution in [3.8, 4) is 0 Å². The van der Waals surface area contributed by atoms with Gasteiger partial charge in [0.2, 0.25) is 5.91 Å². The first-order valence-corrected chi connectivity index (χ1v) is 9.25. The van der Waals surface area contributed by atoms with Gasteiger partial charge in [-0.15, -0.1) is 11.8 Å². The maximum absolute atomic E-state index is 12.2. The number of amides is 1. The molecule has 0 aromatic heterocycles. The van der Waals surface area contributed by atoms with E-state index in [0.717, 1.165) is 12.0 Å². The van der Waals surface area contributed by atoms with E-state index in [2.05, 4.69) is 17.4 Å². The van der Waals surface area contributed by atoms with Crippen molar-refractivity contribution in [2.45, 2.75) is 24.3 Å². The molecule has 0 saturated carbocycles. The molecule has 25 heavy (non-hydrogen) atoms. The number of thioether (sulfide) groups is 1. The molecular weight excluding hydrogens is 334 g/mol. The van der Waals surface area contributed by atoms with E-state index in [9.17, 15) is 9.59 Å². The number of rotatable bonds is 8. The monoisotopic (exact) mass is 357 g/mol. The van der Waals surface area contributed by atoms with E-state index in [4.69, 9.17) is 4.74 Å². The Balaban J connectivity index is 1.76. The van der Waals surface area contributed by atoms with Gasteiger partial charge in [-0.25, -0.2) is 4.79 Å². The summed E-state index contributed by atoms with van der Waals surface area (Å²) in [6, 6.07) is 17.4. The largest absolute Gasteiger partial charge is 0.465 e. The third kappa shape index (κ3) is 6.27. The van der Waals surface area contributed by atoms with Gasteiger partial charge in [0, 0.05) is 12.3 Å². The summed E-state index contributed by atoms with van der Waals surface area (Å²) in [5.41, 5.74) is 2.74. The summed E-state index contributed by atoms with van der Waals surface area (Å²) in [4.78, 5) is 23.7. The molecule has 0 aliphatic carbocycles. The summed E-state index contributed by atoms with van der Waals surface area (Å²) in [7, 11) is 1.37. The van der Waals surface area contributed by atoms with Crippen LogP contribution < -0.4 is 5.32 Å². The second-order valence-corrected chi connectivity index (χ2v) is 7.00. The summed E-state index contributed by atoms with van der Waals surface area (Å²) in [6.45, 7) is 2.53. The Kier molecular flexibility index (Phi) is 7.54. The van der Waals surface area contributed by atoms with E-state index < -0.39 is 0 Å². The maximum atomic E-state index is 12.2. The molecule has 0 aliphatic heterocycles. The lowest BCUT2D eigenvalue weighted by atomic mass is 10.1. The van der Waals surface area contributed by atoms with Crippen molar-refractivity contribution in [3.63, 3.8) is 0 Å². The lowest BCUT2D eigenvalue weighted by Crippen LogP contribution is -2.32. The first-order valence-electron chi connectivity index (χ1n) is 8.20. The number of hydrogen-bond acceptors (Lipinski definition) is 4. The van der Waals surface area contributed by atoms with E-state index in [1.54, 1.807) is 23.9 Å². The third-order valence-corrected chi connectivity index (χ3v) is 4.99. The number of carbonyl (C=O) groups is 2. The van der Waals surface area contributed by atoms with Gasteiger partial charge in [0.15, 0.2) is 0 Å². The zero-order valence-corrected chi connectivity index (χ0v) is 15.3. The van der Waals surface area contributed by atoms with Crippen LogP contribution in [-0.4, -0.2) is 30.8 Å². The SMILES string of the molecule is COC(=O)c1cccc(CSC(C)C(=O)NCCc2ccccc2)c1. The summed E-state index contributed by atoms with van der Waals surface area (Å²) < 4.78 is 4.73. The van der Waals surface area contributed by atoms with Crippen molar-refractivity contribution in [1.82, 2.24) is 5.32 Å². The van der Waals surface area contributed by atoms with E-state index in [0.29, 0.717) is 17.9 Å². The van der Waals surface area contributed by atoms with E-state index >= 15 is 0 Å². The highest BCUT2D eigenvalue weighted by molar-refractivity contribution is 7.99. The number of benzene rings is 2. The van der Waals surface area contributed by atoms with Crippen LogP contribution in [0.25, 0.3) is 0 Å². The van der Waals surface area contributed by atoms with Gasteiger partial charge in [0.25, 0.3) is 0 Å². The molecule has 0 aliphatic rings. The normalized spacial score (nSPS) is 11.6. The van der Waals surface area contributed by atoms with Gasteiger partial charge in [-0.1, -0.05) is 42.5 Å². The lowest BCUT2D eigenvalue weighted by Gasteiger charge is -2.12. The van der Waals surface area contributed by atoms with E-state index in [-0.39, 0.29) is 17.1 Å². The predicted molar refractivity (Wildman–Crippen MR) is 102 cm³/mol. The van der Waals surface area contributed by atoms with Gasteiger partial charge in [-0.3, -0.25) is 4.79 Å². The number of nitrogens with one attached hydrogen (secondary N) is 1. The predicted octanol–water partition coefficient (Wildman–Crippen LogP) is 3.45. The fourth-order valence-electron chi connectivity index (χ4n) is 2.32. The number of methoxy groups -OCH3 is 1. The third-order valence-electron chi connectivity index (χ3n) is 3.77. The first-order chi connectivity index (χ1) is 12.1. The van der Waals surface area contributed by atoms with Crippen LogP contribution in [0.5, 0.6) is 0 Å². The Morgan fingerprint density at radius 3 is 2.52 bits per heavy atom. The number of esters is 1. The van der Waals surface area contributed by atoms with Gasteiger partial charge >= 0.3 is 5.97 Å². The molecule has 2 rings (SSSR count). The van der Waals surface area contributed by atoms with Gasteiger partial charge < -0.3 is 10.1 Å². The number of carbonyl (C=O) groups excluding carboxylic acids is 2. The molecule has 1 N–H and O–H groups in total. The van der Waals surface area contributed by atoms with E-state index in [1.807, 2.05) is 37.3 Å². The van der Waals surface area contributed by atoms with Crippen molar-refractivity contribution in [1.29, 1.82) is 0 Å². The number of hydrogen-bond donors (Lipinski definition) is 1. The van der Waals surface area contributed by atoms with Crippen molar-refractivity contribution in [2.75, 3.05) is 13.7 Å². The molecule has 0 saturated heterocycles. The average molecular weight is 357 g/mol. The molecule has 0 spiro atoms. The van der Waals surface area contributed by atoms with Crippen LogP contribution in [0.15, 0.2) is 54.6 Å². The molecule has 2 aromatic rings. The first kappa shape index (κ1) is 19.1. The Hall–Kier alpha value is -2.27. The van der Waals surface area contributed by atoms with Crippen LogP contribution in [0.3, 0.4) is 0 Å². The van der Waals surface area contributed by atoms with Gasteiger partial charge in [-0.2, -0.15) is 0 Å². The smallest absolute Gasteiger partial charge is 0.337 e. The molecule has 2 aromatic carbocycles.